The summed E-state index contributed by atoms with van der Waals surface area (Å²) in [6, 6.07) is 1.83. The monoisotopic (exact) mass is 375 g/mol. The predicted molar refractivity (Wildman–Crippen MR) is 60.1 cm³/mol. The van der Waals surface area contributed by atoms with E-state index in [1.807, 2.05) is 28.7 Å². The van der Waals surface area contributed by atoms with Crippen LogP contribution in [0.2, 0.25) is 0 Å². The summed E-state index contributed by atoms with van der Waals surface area (Å²) in [5.41, 5.74) is 0.293. The maximum atomic E-state index is 12.7. The molecule has 0 bridgehead atoms. The van der Waals surface area contributed by atoms with Crippen molar-refractivity contribution in [2.75, 3.05) is 0 Å². The summed E-state index contributed by atoms with van der Waals surface area (Å²) in [7, 11) is 0. The van der Waals surface area contributed by atoms with Crippen molar-refractivity contribution in [1.82, 2.24) is 0 Å². The van der Waals surface area contributed by atoms with Crippen molar-refractivity contribution < 1.29 is 4.39 Å². The van der Waals surface area contributed by atoms with Gasteiger partial charge in [0.15, 0.2) is 0 Å². The highest BCUT2D eigenvalue weighted by Gasteiger charge is 1.97. The zero-order chi connectivity index (χ0) is 8.85. The Morgan fingerprint density at radius 2 is 2.18 bits per heavy atom. The molecule has 0 aromatic carbocycles. The first-order chi connectivity index (χ1) is 5.11. The number of hydrogen-bond acceptors (Lipinski definition) is 1. The van der Waals surface area contributed by atoms with Crippen LogP contribution >= 0.6 is 45.2 Å². The minimum absolute atomic E-state index is 0.293. The summed E-state index contributed by atoms with van der Waals surface area (Å²) in [6.07, 6.45) is 1.15. The molecule has 0 amide bonds. The van der Waals surface area contributed by atoms with E-state index in [1.165, 1.54) is 4.08 Å². The van der Waals surface area contributed by atoms with Crippen molar-refractivity contribution >= 4 is 45.2 Å². The van der Waals surface area contributed by atoms with E-state index in [2.05, 4.69) is 6.58 Å². The summed E-state index contributed by atoms with van der Waals surface area (Å²) in [6.45, 7) is 3.38. The molecule has 0 aliphatic carbocycles. The van der Waals surface area contributed by atoms with Crippen LogP contribution in [0.5, 0.6) is 0 Å². The number of nitriles is 1. The number of rotatable bonds is 2. The van der Waals surface area contributed by atoms with Crippen molar-refractivity contribution in [1.29, 1.82) is 5.26 Å². The van der Waals surface area contributed by atoms with Gasteiger partial charge in [0.05, 0.1) is 11.6 Å². The topological polar surface area (TPSA) is 23.8 Å². The maximum Gasteiger partial charge on any atom is 0.137 e. The summed E-state index contributed by atoms with van der Waals surface area (Å²) in [5.74, 6) is -0.463. The number of allylic oxidation sites excluding steroid dienone is 4. The number of hydrogen-bond donors (Lipinski definition) is 0. The van der Waals surface area contributed by atoms with Crippen LogP contribution in [0.15, 0.2) is 31.7 Å². The molecular weight excluding hydrogens is 371 g/mol. The Balaban J connectivity index is 4.58. The molecule has 0 rings (SSSR count). The van der Waals surface area contributed by atoms with E-state index in [4.69, 9.17) is 5.26 Å². The Morgan fingerprint density at radius 3 is 2.45 bits per heavy atom. The lowest BCUT2D eigenvalue weighted by Crippen LogP contribution is -1.74. The van der Waals surface area contributed by atoms with Crippen molar-refractivity contribution in [2.45, 2.75) is 0 Å². The van der Waals surface area contributed by atoms with Crippen LogP contribution in [0.4, 0.5) is 4.39 Å². The van der Waals surface area contributed by atoms with Gasteiger partial charge in [-0.3, -0.25) is 0 Å². The zero-order valence-corrected chi connectivity index (χ0v) is 9.76. The molecule has 0 unspecified atom stereocenters. The third kappa shape index (κ3) is 4.53. The van der Waals surface area contributed by atoms with E-state index in [0.717, 1.165) is 6.08 Å². The standard InChI is InChI=1S/C7H4FI2N/c1-5(10)7(8)2-6(3-9)4-11/h2-3H,1H2/b6-3+,7-2+. The molecule has 0 fully saturated rings. The molecule has 0 heterocycles. The van der Waals surface area contributed by atoms with Gasteiger partial charge >= 0.3 is 0 Å². The highest BCUT2D eigenvalue weighted by atomic mass is 127. The molecule has 4 heteroatoms. The van der Waals surface area contributed by atoms with Gasteiger partial charge in [-0.05, 0) is 32.7 Å². The van der Waals surface area contributed by atoms with Crippen LogP contribution in [0, 0.1) is 11.3 Å². The third-order valence-electron chi connectivity index (χ3n) is 0.788. The second-order valence-electron chi connectivity index (χ2n) is 1.57. The van der Waals surface area contributed by atoms with Crippen LogP contribution in [-0.4, -0.2) is 0 Å². The molecule has 1 nitrogen and oxygen atoms in total. The van der Waals surface area contributed by atoms with Gasteiger partial charge in [0.25, 0.3) is 0 Å². The van der Waals surface area contributed by atoms with Gasteiger partial charge in [0.1, 0.15) is 5.83 Å². The molecule has 11 heavy (non-hydrogen) atoms. The van der Waals surface area contributed by atoms with Crippen LogP contribution in [0.25, 0.3) is 0 Å². The highest BCUT2D eigenvalue weighted by molar-refractivity contribution is 14.1. The van der Waals surface area contributed by atoms with Crippen molar-refractivity contribution in [3.63, 3.8) is 0 Å². The average molecular weight is 375 g/mol. The average Bonchev–Trinajstić information content (AvgIpc) is 1.99. The smallest absolute Gasteiger partial charge is 0.137 e. The molecule has 0 saturated heterocycles. The quantitative estimate of drug-likeness (QED) is 0.411. The van der Waals surface area contributed by atoms with Crippen molar-refractivity contribution in [3.8, 4) is 6.07 Å². The molecular formula is C7H4FI2N. The molecule has 0 atom stereocenters. The first kappa shape index (κ1) is 11.1. The molecule has 0 aliphatic heterocycles. The Hall–Kier alpha value is 0.100. The Bertz CT molecular complexity index is 260. The SMILES string of the molecule is C=C(I)/C(F)=C\C(C#N)=C/I. The lowest BCUT2D eigenvalue weighted by atomic mass is 10.3. The van der Waals surface area contributed by atoms with Crippen LogP contribution in [-0.2, 0) is 0 Å². The fraction of sp³-hybridized carbons (Fsp3) is 0. The second-order valence-corrected chi connectivity index (χ2v) is 3.50. The molecule has 0 aromatic heterocycles. The Labute approximate surface area is 91.9 Å². The largest absolute Gasteiger partial charge is 0.206 e. The fourth-order valence-corrected chi connectivity index (χ4v) is 0.778. The zero-order valence-electron chi connectivity index (χ0n) is 5.44. The van der Waals surface area contributed by atoms with Gasteiger partial charge in [-0.2, -0.15) is 5.26 Å². The van der Waals surface area contributed by atoms with Crippen molar-refractivity contribution in [2.24, 2.45) is 0 Å². The van der Waals surface area contributed by atoms with Gasteiger partial charge < -0.3 is 0 Å². The van der Waals surface area contributed by atoms with E-state index >= 15 is 0 Å². The second kappa shape index (κ2) is 5.71. The van der Waals surface area contributed by atoms with E-state index in [9.17, 15) is 4.39 Å². The van der Waals surface area contributed by atoms with Gasteiger partial charge in [-0.15, -0.1) is 0 Å². The van der Waals surface area contributed by atoms with Crippen molar-refractivity contribution in [3.05, 3.63) is 31.7 Å². The Kier molecular flexibility index (Phi) is 5.76. The van der Waals surface area contributed by atoms with Gasteiger partial charge in [0.2, 0.25) is 0 Å². The molecule has 0 spiro atoms. The number of halogens is 3. The normalized spacial score (nSPS) is 12.5. The summed E-state index contributed by atoms with van der Waals surface area (Å²) < 4.78 is 14.5. The van der Waals surface area contributed by atoms with E-state index in [0.29, 0.717) is 9.15 Å². The Morgan fingerprint density at radius 1 is 1.64 bits per heavy atom. The molecule has 0 aromatic rings. The molecule has 0 saturated carbocycles. The first-order valence-electron chi connectivity index (χ1n) is 2.54. The molecule has 0 aliphatic rings. The fourth-order valence-electron chi connectivity index (χ4n) is 0.303. The number of nitrogens with zero attached hydrogens (tertiary/aromatic N) is 1. The lowest BCUT2D eigenvalue weighted by Gasteiger charge is -1.89. The van der Waals surface area contributed by atoms with Gasteiger partial charge in [-0.25, -0.2) is 4.39 Å². The molecule has 0 radical (unpaired) electrons. The van der Waals surface area contributed by atoms with Crippen LogP contribution in [0.1, 0.15) is 0 Å². The van der Waals surface area contributed by atoms with E-state index < -0.39 is 5.83 Å². The van der Waals surface area contributed by atoms with Gasteiger partial charge in [0, 0.05) is 3.58 Å². The van der Waals surface area contributed by atoms with E-state index in [1.54, 1.807) is 22.6 Å². The molecule has 58 valence electrons. The van der Waals surface area contributed by atoms with Gasteiger partial charge in [-0.1, -0.05) is 29.2 Å². The maximum absolute atomic E-state index is 12.7. The third-order valence-corrected chi connectivity index (χ3v) is 1.97. The summed E-state index contributed by atoms with van der Waals surface area (Å²) in [4.78, 5) is 0. The summed E-state index contributed by atoms with van der Waals surface area (Å²) >= 11 is 3.64. The lowest BCUT2D eigenvalue weighted by molar-refractivity contribution is 0.665. The first-order valence-corrected chi connectivity index (χ1v) is 4.86. The highest BCUT2D eigenvalue weighted by Crippen LogP contribution is 2.18. The van der Waals surface area contributed by atoms with E-state index in [-0.39, 0.29) is 0 Å². The predicted octanol–water partition coefficient (Wildman–Crippen LogP) is 3.63. The minimum Gasteiger partial charge on any atom is -0.206 e. The van der Waals surface area contributed by atoms with Crippen LogP contribution in [0.3, 0.4) is 0 Å². The van der Waals surface area contributed by atoms with Crippen LogP contribution < -0.4 is 0 Å². The minimum atomic E-state index is -0.463. The summed E-state index contributed by atoms with van der Waals surface area (Å²) in [5, 5.41) is 8.39. The molecule has 0 N–H and O–H groups in total.